The molecule has 2 aliphatic rings. The van der Waals surface area contributed by atoms with Gasteiger partial charge in [-0.2, -0.15) is 0 Å². The van der Waals surface area contributed by atoms with E-state index in [4.69, 9.17) is 9.47 Å². The molecule has 136 valence electrons. The highest BCUT2D eigenvalue weighted by Crippen LogP contribution is 2.49. The average molecular weight is 360 g/mol. The van der Waals surface area contributed by atoms with Crippen LogP contribution in [0.2, 0.25) is 0 Å². The molecule has 1 amide bonds. The van der Waals surface area contributed by atoms with Gasteiger partial charge in [0.15, 0.2) is 0 Å². The first-order valence-corrected chi connectivity index (χ1v) is 8.98. The van der Waals surface area contributed by atoms with Crippen LogP contribution in [0.1, 0.15) is 13.8 Å². The van der Waals surface area contributed by atoms with Gasteiger partial charge in [0, 0.05) is 11.1 Å². The summed E-state index contributed by atoms with van der Waals surface area (Å²) in [7, 11) is 1.66. The molecule has 0 aliphatic carbocycles. The molecule has 2 heterocycles. The number of amides is 1. The van der Waals surface area contributed by atoms with Gasteiger partial charge in [-0.15, -0.1) is 0 Å². The molecule has 1 fully saturated rings. The lowest BCUT2D eigenvalue weighted by atomic mass is 9.91. The lowest BCUT2D eigenvalue weighted by Crippen LogP contribution is -2.43. The minimum Gasteiger partial charge on any atom is -0.497 e. The fourth-order valence-electron chi connectivity index (χ4n) is 3.93. The minimum atomic E-state index is -0.690. The smallest absolute Gasteiger partial charge is 0.250 e. The van der Waals surface area contributed by atoms with Crippen LogP contribution in [0.5, 0.6) is 11.5 Å². The number of anilines is 1. The van der Waals surface area contributed by atoms with Crippen LogP contribution in [-0.4, -0.2) is 19.2 Å². The van der Waals surface area contributed by atoms with Crippen molar-refractivity contribution < 1.29 is 14.3 Å². The van der Waals surface area contributed by atoms with E-state index in [0.717, 1.165) is 39.1 Å². The molecule has 2 aliphatic heterocycles. The molecule has 0 radical (unpaired) electrons. The van der Waals surface area contributed by atoms with E-state index in [1.54, 1.807) is 7.11 Å². The summed E-state index contributed by atoms with van der Waals surface area (Å²) in [5.74, 6) is 1.47. The Bertz CT molecular complexity index is 1090. The summed E-state index contributed by atoms with van der Waals surface area (Å²) in [5.41, 5.74) is 5.19. The number of benzene rings is 3. The highest BCUT2D eigenvalue weighted by Gasteiger charge is 2.51. The van der Waals surface area contributed by atoms with E-state index in [1.165, 1.54) is 0 Å². The number of carbonyl (C=O) groups excluding carboxylic acids is 1. The zero-order valence-corrected chi connectivity index (χ0v) is 15.4. The predicted octanol–water partition coefficient (Wildman–Crippen LogP) is 4.11. The van der Waals surface area contributed by atoms with Crippen LogP contribution in [0, 0.1) is 5.41 Å². The number of carbonyl (C=O) groups is 1. The van der Waals surface area contributed by atoms with Gasteiger partial charge in [0.25, 0.3) is 0 Å². The van der Waals surface area contributed by atoms with Gasteiger partial charge in [0.05, 0.1) is 12.8 Å². The van der Waals surface area contributed by atoms with Gasteiger partial charge in [-0.05, 0) is 48.9 Å². The summed E-state index contributed by atoms with van der Waals surface area (Å²) < 4.78 is 11.9. The van der Waals surface area contributed by atoms with Gasteiger partial charge in [-0.25, -0.2) is 5.01 Å². The van der Waals surface area contributed by atoms with Crippen molar-refractivity contribution >= 4 is 22.4 Å². The number of nitrogens with zero attached hydrogens (tertiary/aromatic N) is 1. The molecule has 1 unspecified atom stereocenters. The lowest BCUT2D eigenvalue weighted by molar-refractivity contribution is -0.128. The summed E-state index contributed by atoms with van der Waals surface area (Å²) in [6, 6.07) is 18.2. The van der Waals surface area contributed by atoms with Gasteiger partial charge in [0.1, 0.15) is 16.9 Å². The van der Waals surface area contributed by atoms with Crippen LogP contribution in [0.4, 0.5) is 5.69 Å². The van der Waals surface area contributed by atoms with E-state index in [9.17, 15) is 4.79 Å². The van der Waals surface area contributed by atoms with Crippen molar-refractivity contribution in [3.05, 3.63) is 54.6 Å². The standard InChI is InChI=1S/C22H20N2O3/c1-22(2)20(25)23-24-17-10-9-14(26-3)12-16(17)19-15-7-5-4-6-13(15)8-11-18(19)27-21(22)24/h4-12,21H,1-3H3,(H,23,25). The molecule has 1 atom stereocenters. The first kappa shape index (κ1) is 16.0. The van der Waals surface area contributed by atoms with Crippen LogP contribution in [-0.2, 0) is 4.79 Å². The predicted molar refractivity (Wildman–Crippen MR) is 105 cm³/mol. The fraction of sp³-hybridized carbons (Fsp3) is 0.227. The molecule has 27 heavy (non-hydrogen) atoms. The fourth-order valence-corrected chi connectivity index (χ4v) is 3.93. The molecular weight excluding hydrogens is 340 g/mol. The number of hydrogen-bond donors (Lipinski definition) is 1. The highest BCUT2D eigenvalue weighted by atomic mass is 16.5. The van der Waals surface area contributed by atoms with Crippen LogP contribution in [0.3, 0.4) is 0 Å². The van der Waals surface area contributed by atoms with Gasteiger partial charge in [-0.3, -0.25) is 10.2 Å². The van der Waals surface area contributed by atoms with Crippen molar-refractivity contribution in [2.24, 2.45) is 5.41 Å². The van der Waals surface area contributed by atoms with E-state index in [2.05, 4.69) is 23.6 Å². The van der Waals surface area contributed by atoms with E-state index in [-0.39, 0.29) is 5.91 Å². The van der Waals surface area contributed by atoms with Crippen LogP contribution < -0.4 is 19.9 Å². The second-order valence-corrected chi connectivity index (χ2v) is 7.55. The number of rotatable bonds is 1. The van der Waals surface area contributed by atoms with Crippen molar-refractivity contribution in [2.45, 2.75) is 20.1 Å². The molecule has 1 saturated heterocycles. The van der Waals surface area contributed by atoms with Crippen molar-refractivity contribution in [1.29, 1.82) is 0 Å². The number of nitrogens with one attached hydrogen (secondary N) is 1. The maximum Gasteiger partial charge on any atom is 0.250 e. The summed E-state index contributed by atoms with van der Waals surface area (Å²) in [6.07, 6.45) is -0.445. The Kier molecular flexibility index (Phi) is 3.20. The maximum atomic E-state index is 12.6. The van der Waals surface area contributed by atoms with E-state index in [1.807, 2.05) is 55.3 Å². The van der Waals surface area contributed by atoms with E-state index < -0.39 is 11.6 Å². The number of hydrogen-bond acceptors (Lipinski definition) is 4. The molecule has 0 aromatic heterocycles. The molecule has 3 aromatic carbocycles. The maximum absolute atomic E-state index is 12.6. The monoisotopic (exact) mass is 360 g/mol. The van der Waals surface area contributed by atoms with Crippen molar-refractivity contribution in [1.82, 2.24) is 5.43 Å². The van der Waals surface area contributed by atoms with Gasteiger partial charge < -0.3 is 9.47 Å². The number of hydrazine groups is 1. The third kappa shape index (κ3) is 2.14. The Balaban J connectivity index is 1.87. The largest absolute Gasteiger partial charge is 0.497 e. The summed E-state index contributed by atoms with van der Waals surface area (Å²) in [5, 5.41) is 4.08. The summed E-state index contributed by atoms with van der Waals surface area (Å²) >= 11 is 0. The van der Waals surface area contributed by atoms with E-state index >= 15 is 0 Å². The Hall–Kier alpha value is -3.21. The summed E-state index contributed by atoms with van der Waals surface area (Å²) in [6.45, 7) is 3.81. The Morgan fingerprint density at radius 1 is 1.11 bits per heavy atom. The third-order valence-electron chi connectivity index (χ3n) is 5.52. The number of fused-ring (bicyclic) bond motifs is 7. The van der Waals surface area contributed by atoms with Crippen molar-refractivity contribution in [3.8, 4) is 22.6 Å². The molecule has 0 bridgehead atoms. The number of methoxy groups -OCH3 is 1. The first-order valence-electron chi connectivity index (χ1n) is 8.98. The molecule has 0 spiro atoms. The zero-order valence-electron chi connectivity index (χ0n) is 15.4. The second kappa shape index (κ2) is 5.39. The highest BCUT2D eigenvalue weighted by molar-refractivity contribution is 6.04. The van der Waals surface area contributed by atoms with E-state index in [0.29, 0.717) is 0 Å². The van der Waals surface area contributed by atoms with Gasteiger partial charge in [0.2, 0.25) is 12.1 Å². The van der Waals surface area contributed by atoms with Gasteiger partial charge >= 0.3 is 0 Å². The van der Waals surface area contributed by atoms with Crippen LogP contribution in [0.25, 0.3) is 21.9 Å². The molecular formula is C22H20N2O3. The molecule has 0 saturated carbocycles. The summed E-state index contributed by atoms with van der Waals surface area (Å²) in [4.78, 5) is 12.6. The van der Waals surface area contributed by atoms with Gasteiger partial charge in [-0.1, -0.05) is 30.3 Å². The van der Waals surface area contributed by atoms with Crippen molar-refractivity contribution in [3.63, 3.8) is 0 Å². The SMILES string of the molecule is COc1ccc2c(c1)-c1c(ccc3ccccc13)OC1N2NC(=O)C1(C)C. The minimum absolute atomic E-state index is 0.0569. The quantitative estimate of drug-likeness (QED) is 0.709. The average Bonchev–Trinajstić information content (AvgIpc) is 2.82. The zero-order chi connectivity index (χ0) is 18.8. The first-order chi connectivity index (χ1) is 13.0. The second-order valence-electron chi connectivity index (χ2n) is 7.55. The molecule has 1 N–H and O–H groups in total. The topological polar surface area (TPSA) is 50.8 Å². The molecule has 3 aromatic rings. The van der Waals surface area contributed by atoms with Crippen molar-refractivity contribution in [2.75, 3.05) is 12.1 Å². The Labute approximate surface area is 157 Å². The normalized spacial score (nSPS) is 19.4. The molecule has 5 heteroatoms. The molecule has 5 nitrogen and oxygen atoms in total. The Morgan fingerprint density at radius 2 is 1.93 bits per heavy atom. The Morgan fingerprint density at radius 3 is 2.74 bits per heavy atom. The lowest BCUT2D eigenvalue weighted by Gasteiger charge is -2.29. The third-order valence-corrected chi connectivity index (χ3v) is 5.52. The number of ether oxygens (including phenoxy) is 2. The van der Waals surface area contributed by atoms with Crippen LogP contribution >= 0.6 is 0 Å². The van der Waals surface area contributed by atoms with Crippen LogP contribution in [0.15, 0.2) is 54.6 Å². The molecule has 5 rings (SSSR count).